The predicted octanol–water partition coefficient (Wildman–Crippen LogP) is 1.96. The molecule has 0 saturated carbocycles. The Bertz CT molecular complexity index is 419. The molecule has 2 aliphatic rings. The van der Waals surface area contributed by atoms with Gasteiger partial charge in [-0.05, 0) is 30.5 Å². The van der Waals surface area contributed by atoms with Gasteiger partial charge in [-0.15, -0.1) is 0 Å². The van der Waals surface area contributed by atoms with Crippen LogP contribution in [0.2, 0.25) is 5.02 Å². The van der Waals surface area contributed by atoms with E-state index in [0.29, 0.717) is 12.0 Å². The number of rotatable bonds is 3. The molecule has 0 aromatic heterocycles. The third-order valence-electron chi connectivity index (χ3n) is 4.27. The van der Waals surface area contributed by atoms with E-state index in [1.807, 2.05) is 12.1 Å². The molecule has 1 aromatic rings. The molecular weight excluding hydrogens is 262 g/mol. The highest BCUT2D eigenvalue weighted by molar-refractivity contribution is 6.30. The first-order valence-corrected chi connectivity index (χ1v) is 7.34. The van der Waals surface area contributed by atoms with Gasteiger partial charge in [0.1, 0.15) is 0 Å². The van der Waals surface area contributed by atoms with Crippen LogP contribution < -0.4 is 0 Å². The maximum absolute atomic E-state index is 10.2. The van der Waals surface area contributed by atoms with E-state index in [1.165, 1.54) is 5.56 Å². The molecule has 0 spiro atoms. The lowest BCUT2D eigenvalue weighted by Crippen LogP contribution is -2.55. The fourth-order valence-electron chi connectivity index (χ4n) is 2.94. The highest BCUT2D eigenvalue weighted by Crippen LogP contribution is 2.25. The van der Waals surface area contributed by atoms with E-state index >= 15 is 0 Å². The fraction of sp³-hybridized carbons (Fsp3) is 0.600. The SMILES string of the molecule is O[C@H]1CCN(C2COC2)C[C@H]1Cc1ccc(Cl)cc1. The Hall–Kier alpha value is -0.610. The van der Waals surface area contributed by atoms with Gasteiger partial charge in [0.15, 0.2) is 0 Å². The lowest BCUT2D eigenvalue weighted by molar-refractivity contribution is -0.0923. The normalized spacial score (nSPS) is 29.2. The summed E-state index contributed by atoms with van der Waals surface area (Å²) in [5, 5.41) is 11.0. The van der Waals surface area contributed by atoms with Crippen molar-refractivity contribution in [1.82, 2.24) is 4.90 Å². The molecule has 0 aliphatic carbocycles. The lowest BCUT2D eigenvalue weighted by atomic mass is 9.88. The molecule has 0 radical (unpaired) electrons. The van der Waals surface area contributed by atoms with Gasteiger partial charge in [-0.25, -0.2) is 0 Å². The lowest BCUT2D eigenvalue weighted by Gasteiger charge is -2.43. The van der Waals surface area contributed by atoms with Crippen LogP contribution in [0.4, 0.5) is 0 Å². The van der Waals surface area contributed by atoms with E-state index in [1.54, 1.807) is 0 Å². The van der Waals surface area contributed by atoms with Crippen LogP contribution in [-0.2, 0) is 11.2 Å². The summed E-state index contributed by atoms with van der Waals surface area (Å²) in [6.07, 6.45) is 1.60. The number of hydrogen-bond donors (Lipinski definition) is 1. The van der Waals surface area contributed by atoms with Crippen LogP contribution in [0, 0.1) is 5.92 Å². The van der Waals surface area contributed by atoms with Crippen LogP contribution >= 0.6 is 11.6 Å². The van der Waals surface area contributed by atoms with Gasteiger partial charge in [0.05, 0.1) is 25.4 Å². The number of hydrogen-bond acceptors (Lipinski definition) is 3. The standard InChI is InChI=1S/C15H20ClNO2/c16-13-3-1-11(2-4-13)7-12-8-17(6-5-15(12)18)14-9-19-10-14/h1-4,12,14-15,18H,5-10H2/t12-,15+/m1/s1. The minimum absolute atomic E-state index is 0.187. The highest BCUT2D eigenvalue weighted by Gasteiger charge is 2.34. The van der Waals surface area contributed by atoms with Gasteiger partial charge in [-0.1, -0.05) is 23.7 Å². The Kier molecular flexibility index (Phi) is 4.08. The van der Waals surface area contributed by atoms with Crippen LogP contribution in [0.15, 0.2) is 24.3 Å². The molecule has 19 heavy (non-hydrogen) atoms. The van der Waals surface area contributed by atoms with Crippen LogP contribution in [0.1, 0.15) is 12.0 Å². The third kappa shape index (κ3) is 3.11. The summed E-state index contributed by atoms with van der Waals surface area (Å²) in [6.45, 7) is 3.66. The van der Waals surface area contributed by atoms with Crippen molar-refractivity contribution < 1.29 is 9.84 Å². The van der Waals surface area contributed by atoms with Crippen molar-refractivity contribution in [2.75, 3.05) is 26.3 Å². The van der Waals surface area contributed by atoms with E-state index < -0.39 is 0 Å². The van der Waals surface area contributed by atoms with Crippen LogP contribution in [0.5, 0.6) is 0 Å². The fourth-order valence-corrected chi connectivity index (χ4v) is 3.06. The molecular formula is C15H20ClNO2. The van der Waals surface area contributed by atoms with Crippen molar-refractivity contribution >= 4 is 11.6 Å². The number of aliphatic hydroxyl groups excluding tert-OH is 1. The Morgan fingerprint density at radius 3 is 2.63 bits per heavy atom. The van der Waals surface area contributed by atoms with Crippen LogP contribution in [0.3, 0.4) is 0 Å². The van der Waals surface area contributed by atoms with Gasteiger partial charge in [0, 0.05) is 24.0 Å². The Morgan fingerprint density at radius 1 is 1.26 bits per heavy atom. The molecule has 2 heterocycles. The molecule has 3 nitrogen and oxygen atoms in total. The maximum atomic E-state index is 10.2. The minimum Gasteiger partial charge on any atom is -0.393 e. The largest absolute Gasteiger partial charge is 0.393 e. The number of piperidine rings is 1. The maximum Gasteiger partial charge on any atom is 0.0645 e. The van der Waals surface area contributed by atoms with E-state index in [0.717, 1.165) is 44.2 Å². The monoisotopic (exact) mass is 281 g/mol. The number of nitrogens with zero attached hydrogens (tertiary/aromatic N) is 1. The second-order valence-corrected chi connectivity index (χ2v) is 6.07. The van der Waals surface area contributed by atoms with Gasteiger partial charge >= 0.3 is 0 Å². The average Bonchev–Trinajstić information content (AvgIpc) is 2.34. The first-order chi connectivity index (χ1) is 9.22. The zero-order valence-corrected chi connectivity index (χ0v) is 11.7. The number of likely N-dealkylation sites (tertiary alicyclic amines) is 1. The van der Waals surface area contributed by atoms with E-state index in [-0.39, 0.29) is 6.10 Å². The summed E-state index contributed by atoms with van der Waals surface area (Å²) in [6, 6.07) is 8.52. The van der Waals surface area contributed by atoms with Crippen LogP contribution in [-0.4, -0.2) is 48.5 Å². The molecule has 2 saturated heterocycles. The number of benzene rings is 1. The first kappa shape index (κ1) is 13.4. The summed E-state index contributed by atoms with van der Waals surface area (Å²) < 4.78 is 5.26. The third-order valence-corrected chi connectivity index (χ3v) is 4.53. The molecule has 4 heteroatoms. The minimum atomic E-state index is -0.187. The first-order valence-electron chi connectivity index (χ1n) is 6.96. The average molecular weight is 282 g/mol. The van der Waals surface area contributed by atoms with Gasteiger partial charge < -0.3 is 9.84 Å². The van der Waals surface area contributed by atoms with E-state index in [4.69, 9.17) is 16.3 Å². The predicted molar refractivity (Wildman–Crippen MR) is 75.4 cm³/mol. The van der Waals surface area contributed by atoms with Gasteiger partial charge in [0.2, 0.25) is 0 Å². The zero-order chi connectivity index (χ0) is 13.2. The number of ether oxygens (including phenoxy) is 1. The molecule has 1 N–H and O–H groups in total. The Balaban J connectivity index is 1.62. The quantitative estimate of drug-likeness (QED) is 0.919. The van der Waals surface area contributed by atoms with Crippen molar-refractivity contribution in [3.8, 4) is 0 Å². The van der Waals surface area contributed by atoms with Crippen LogP contribution in [0.25, 0.3) is 0 Å². The molecule has 1 aromatic carbocycles. The van der Waals surface area contributed by atoms with Gasteiger partial charge in [-0.3, -0.25) is 4.90 Å². The molecule has 2 fully saturated rings. The second kappa shape index (κ2) is 5.80. The molecule has 0 bridgehead atoms. The summed E-state index contributed by atoms with van der Waals surface area (Å²) >= 11 is 5.90. The number of aliphatic hydroxyl groups is 1. The summed E-state index contributed by atoms with van der Waals surface area (Å²) in [7, 11) is 0. The van der Waals surface area contributed by atoms with Crippen molar-refractivity contribution in [2.45, 2.75) is 25.0 Å². The number of halogens is 1. The molecule has 2 atom stereocenters. The molecule has 104 valence electrons. The van der Waals surface area contributed by atoms with Gasteiger partial charge in [0.25, 0.3) is 0 Å². The highest BCUT2D eigenvalue weighted by atomic mass is 35.5. The van der Waals surface area contributed by atoms with E-state index in [2.05, 4.69) is 17.0 Å². The van der Waals surface area contributed by atoms with Gasteiger partial charge in [-0.2, -0.15) is 0 Å². The summed E-state index contributed by atoms with van der Waals surface area (Å²) in [4.78, 5) is 2.47. The molecule has 2 aliphatic heterocycles. The van der Waals surface area contributed by atoms with Crippen molar-refractivity contribution in [3.05, 3.63) is 34.9 Å². The van der Waals surface area contributed by atoms with Crippen molar-refractivity contribution in [3.63, 3.8) is 0 Å². The Labute approximate surface area is 119 Å². The van der Waals surface area contributed by atoms with E-state index in [9.17, 15) is 5.11 Å². The molecule has 0 unspecified atom stereocenters. The molecule has 3 rings (SSSR count). The topological polar surface area (TPSA) is 32.7 Å². The molecule has 0 amide bonds. The van der Waals surface area contributed by atoms with Crippen molar-refractivity contribution in [1.29, 1.82) is 0 Å². The smallest absolute Gasteiger partial charge is 0.0645 e. The second-order valence-electron chi connectivity index (χ2n) is 5.63. The van der Waals surface area contributed by atoms with Crippen molar-refractivity contribution in [2.24, 2.45) is 5.92 Å². The summed E-state index contributed by atoms with van der Waals surface area (Å²) in [5.41, 5.74) is 1.25. The Morgan fingerprint density at radius 2 is 2.00 bits per heavy atom. The zero-order valence-electron chi connectivity index (χ0n) is 11.0. The summed E-state index contributed by atoms with van der Waals surface area (Å²) in [5.74, 6) is 0.315.